The summed E-state index contributed by atoms with van der Waals surface area (Å²) in [4.78, 5) is 30.8. The summed E-state index contributed by atoms with van der Waals surface area (Å²) in [6.45, 7) is 2.52. The Balaban J connectivity index is 1.52. The van der Waals surface area contributed by atoms with E-state index < -0.39 is 5.97 Å². The number of carbonyl (C=O) groups excluding carboxylic acids is 1. The number of ether oxygens (including phenoxy) is 2. The number of amidine groups is 1. The van der Waals surface area contributed by atoms with Crippen LogP contribution in [0.4, 0.5) is 5.69 Å². The quantitative estimate of drug-likeness (QED) is 0.303. The van der Waals surface area contributed by atoms with E-state index in [0.717, 1.165) is 11.3 Å². The molecule has 1 amide bonds. The maximum absolute atomic E-state index is 13.0. The van der Waals surface area contributed by atoms with E-state index in [0.29, 0.717) is 33.6 Å². The van der Waals surface area contributed by atoms with Crippen LogP contribution in [0.1, 0.15) is 28.4 Å². The Hall–Kier alpha value is -3.46. The summed E-state index contributed by atoms with van der Waals surface area (Å²) in [6.07, 6.45) is 1.72. The first kappa shape index (κ1) is 26.6. The molecule has 1 saturated heterocycles. The second-order valence-corrected chi connectivity index (χ2v) is 9.68. The highest BCUT2D eigenvalue weighted by Crippen LogP contribution is 2.38. The third-order valence-electron chi connectivity index (χ3n) is 5.40. The number of hydrogen-bond acceptors (Lipinski definition) is 6. The van der Waals surface area contributed by atoms with Crippen LogP contribution >= 0.6 is 35.0 Å². The molecule has 190 valence electrons. The summed E-state index contributed by atoms with van der Waals surface area (Å²) in [6, 6.07) is 17.0. The first-order chi connectivity index (χ1) is 17.8. The number of benzene rings is 3. The van der Waals surface area contributed by atoms with Gasteiger partial charge in [-0.3, -0.25) is 9.69 Å². The lowest BCUT2D eigenvalue weighted by Gasteiger charge is -2.12. The molecule has 3 aromatic rings. The monoisotopic (exact) mass is 556 g/mol. The lowest BCUT2D eigenvalue weighted by molar-refractivity contribution is -0.122. The van der Waals surface area contributed by atoms with Crippen LogP contribution in [-0.4, -0.2) is 40.7 Å². The second-order valence-electron chi connectivity index (χ2n) is 7.86. The lowest BCUT2D eigenvalue weighted by Crippen LogP contribution is -2.28. The van der Waals surface area contributed by atoms with Gasteiger partial charge in [-0.2, -0.15) is 0 Å². The van der Waals surface area contributed by atoms with E-state index in [9.17, 15) is 9.59 Å². The van der Waals surface area contributed by atoms with E-state index in [4.69, 9.17) is 37.8 Å². The Labute approximate surface area is 228 Å². The van der Waals surface area contributed by atoms with Gasteiger partial charge in [-0.15, -0.1) is 0 Å². The number of carboxylic acid groups (broad SMARTS) is 1. The number of rotatable bonds is 8. The fourth-order valence-corrected chi connectivity index (χ4v) is 5.16. The van der Waals surface area contributed by atoms with Crippen molar-refractivity contribution in [3.63, 3.8) is 0 Å². The first-order valence-electron chi connectivity index (χ1n) is 11.2. The number of nitrogens with zero attached hydrogens (tertiary/aromatic N) is 2. The fraction of sp³-hybridized carbons (Fsp3) is 0.148. The molecule has 0 unspecified atom stereocenters. The topological polar surface area (TPSA) is 88.4 Å². The van der Waals surface area contributed by atoms with Crippen LogP contribution in [0.5, 0.6) is 11.5 Å². The molecule has 0 atom stereocenters. The van der Waals surface area contributed by atoms with E-state index in [1.807, 2.05) is 31.2 Å². The minimum Gasteiger partial charge on any atom is -0.497 e. The van der Waals surface area contributed by atoms with E-state index in [1.165, 1.54) is 23.9 Å². The zero-order chi connectivity index (χ0) is 26.5. The maximum Gasteiger partial charge on any atom is 0.335 e. The largest absolute Gasteiger partial charge is 0.497 e. The van der Waals surface area contributed by atoms with Crippen molar-refractivity contribution in [1.29, 1.82) is 0 Å². The summed E-state index contributed by atoms with van der Waals surface area (Å²) in [7, 11) is 1.60. The van der Waals surface area contributed by atoms with Crippen LogP contribution in [0.2, 0.25) is 10.0 Å². The number of thioether (sulfide) groups is 1. The van der Waals surface area contributed by atoms with Crippen LogP contribution in [0.15, 0.2) is 70.6 Å². The fourth-order valence-electron chi connectivity index (χ4n) is 3.49. The van der Waals surface area contributed by atoms with Gasteiger partial charge in [-0.1, -0.05) is 35.3 Å². The van der Waals surface area contributed by atoms with Gasteiger partial charge in [-0.05, 0) is 84.4 Å². The summed E-state index contributed by atoms with van der Waals surface area (Å²) in [5.74, 6) is -0.125. The maximum atomic E-state index is 13.0. The molecule has 1 N–H and O–H groups in total. The normalized spacial score (nSPS) is 15.5. The van der Waals surface area contributed by atoms with Gasteiger partial charge in [0, 0.05) is 6.54 Å². The smallest absolute Gasteiger partial charge is 0.335 e. The molecular weight excluding hydrogens is 535 g/mol. The van der Waals surface area contributed by atoms with Gasteiger partial charge in [0.2, 0.25) is 0 Å². The highest BCUT2D eigenvalue weighted by Gasteiger charge is 2.32. The Morgan fingerprint density at radius 3 is 2.30 bits per heavy atom. The van der Waals surface area contributed by atoms with Crippen molar-refractivity contribution in [3.8, 4) is 11.5 Å². The number of amides is 1. The minimum atomic E-state index is -0.997. The lowest BCUT2D eigenvalue weighted by atomic mass is 10.1. The molecule has 1 aliphatic heterocycles. The number of aromatic carboxylic acids is 1. The Bertz CT molecular complexity index is 1370. The molecule has 1 heterocycles. The van der Waals surface area contributed by atoms with Crippen LogP contribution in [0.3, 0.4) is 0 Å². The van der Waals surface area contributed by atoms with E-state index >= 15 is 0 Å². The molecule has 3 aromatic carbocycles. The molecule has 10 heteroatoms. The molecular formula is C27H22Cl2N2O5S. The number of carboxylic acids is 1. The minimum absolute atomic E-state index is 0.155. The van der Waals surface area contributed by atoms with Crippen LogP contribution in [0.25, 0.3) is 6.08 Å². The Morgan fingerprint density at radius 1 is 1.08 bits per heavy atom. The zero-order valence-electron chi connectivity index (χ0n) is 19.9. The van der Waals surface area contributed by atoms with Gasteiger partial charge in [0.1, 0.15) is 12.4 Å². The molecule has 0 radical (unpaired) electrons. The number of likely N-dealkylation sites (N-methyl/N-ethyl adjacent to an activating group) is 1. The predicted molar refractivity (Wildman–Crippen MR) is 147 cm³/mol. The number of halogens is 2. The van der Waals surface area contributed by atoms with Gasteiger partial charge in [-0.25, -0.2) is 9.79 Å². The van der Waals surface area contributed by atoms with E-state index in [-0.39, 0.29) is 28.1 Å². The summed E-state index contributed by atoms with van der Waals surface area (Å²) < 4.78 is 11.0. The molecule has 0 aliphatic carbocycles. The molecule has 7 nitrogen and oxygen atoms in total. The van der Waals surface area contributed by atoms with E-state index in [1.54, 1.807) is 42.4 Å². The van der Waals surface area contributed by atoms with Crippen molar-refractivity contribution in [2.75, 3.05) is 13.7 Å². The number of carbonyl (C=O) groups is 2. The molecule has 0 aromatic heterocycles. The van der Waals surface area contributed by atoms with Crippen LogP contribution in [0, 0.1) is 0 Å². The number of hydrogen-bond donors (Lipinski definition) is 1. The average molecular weight is 557 g/mol. The first-order valence-corrected chi connectivity index (χ1v) is 12.7. The summed E-state index contributed by atoms with van der Waals surface area (Å²) >= 11 is 14.2. The van der Waals surface area contributed by atoms with Crippen molar-refractivity contribution in [2.45, 2.75) is 13.5 Å². The molecule has 1 fully saturated rings. The van der Waals surface area contributed by atoms with Crippen molar-refractivity contribution in [3.05, 3.63) is 92.3 Å². The van der Waals surface area contributed by atoms with Gasteiger partial charge in [0.05, 0.1) is 33.3 Å². The van der Waals surface area contributed by atoms with Crippen molar-refractivity contribution in [2.24, 2.45) is 4.99 Å². The summed E-state index contributed by atoms with van der Waals surface area (Å²) in [5.41, 5.74) is 2.31. The highest BCUT2D eigenvalue weighted by atomic mass is 35.5. The number of methoxy groups -OCH3 is 1. The van der Waals surface area contributed by atoms with Crippen molar-refractivity contribution < 1.29 is 24.2 Å². The standard InChI is InChI=1S/C27H22Cl2N2O5S/c1-3-31-25(32)23(37-27(31)30-19-8-10-20(35-2)11-9-19)14-17-12-21(28)24(22(29)13-17)36-15-16-4-6-18(7-5-16)26(33)34/h4-14H,3,15H2,1-2H3,(H,33,34)/b23-14+,30-27?. The zero-order valence-corrected chi connectivity index (χ0v) is 22.2. The van der Waals surface area contributed by atoms with Gasteiger partial charge in [0.15, 0.2) is 10.9 Å². The average Bonchev–Trinajstić information content (AvgIpc) is 3.17. The Morgan fingerprint density at radius 2 is 1.73 bits per heavy atom. The van der Waals surface area contributed by atoms with Crippen LogP contribution < -0.4 is 9.47 Å². The van der Waals surface area contributed by atoms with Crippen molar-refractivity contribution >= 4 is 63.8 Å². The van der Waals surface area contributed by atoms with Crippen LogP contribution in [-0.2, 0) is 11.4 Å². The van der Waals surface area contributed by atoms with Gasteiger partial charge in [0.25, 0.3) is 5.91 Å². The Kier molecular flexibility index (Phi) is 8.43. The van der Waals surface area contributed by atoms with Gasteiger partial charge < -0.3 is 14.6 Å². The van der Waals surface area contributed by atoms with E-state index in [2.05, 4.69) is 4.99 Å². The molecule has 1 aliphatic rings. The number of aliphatic imine (C=N–C) groups is 1. The van der Waals surface area contributed by atoms with Gasteiger partial charge >= 0.3 is 5.97 Å². The second kappa shape index (κ2) is 11.7. The molecule has 4 rings (SSSR count). The molecule has 0 bridgehead atoms. The molecule has 0 spiro atoms. The van der Waals surface area contributed by atoms with Crippen molar-refractivity contribution in [1.82, 2.24) is 4.90 Å². The third kappa shape index (κ3) is 6.28. The summed E-state index contributed by atoms with van der Waals surface area (Å²) in [5, 5.41) is 10.2. The highest BCUT2D eigenvalue weighted by molar-refractivity contribution is 8.18. The SMILES string of the molecule is CCN1C(=O)/C(=C\c2cc(Cl)c(OCc3ccc(C(=O)O)cc3)c(Cl)c2)SC1=Nc1ccc(OC)cc1. The third-order valence-corrected chi connectivity index (χ3v) is 6.97. The predicted octanol–water partition coefficient (Wildman–Crippen LogP) is 6.90. The molecule has 0 saturated carbocycles. The molecule has 37 heavy (non-hydrogen) atoms.